The molecule has 12 heteroatoms. The molecule has 0 saturated carbocycles. The van der Waals surface area contributed by atoms with E-state index in [1.807, 2.05) is 29.2 Å². The number of piperazine rings is 1. The van der Waals surface area contributed by atoms with Gasteiger partial charge < -0.3 is 4.90 Å². The maximum atomic E-state index is 12.7. The monoisotopic (exact) mass is 445 g/mol. The topological polar surface area (TPSA) is 124 Å². The van der Waals surface area contributed by atoms with Gasteiger partial charge in [-0.1, -0.05) is 18.2 Å². The number of tetrazole rings is 2. The van der Waals surface area contributed by atoms with Gasteiger partial charge in [0.05, 0.1) is 12.1 Å². The van der Waals surface area contributed by atoms with Crippen LogP contribution in [-0.2, 0) is 17.6 Å². The van der Waals surface area contributed by atoms with Gasteiger partial charge in [0.25, 0.3) is 0 Å². The van der Waals surface area contributed by atoms with Crippen LogP contribution in [0.4, 0.5) is 0 Å². The summed E-state index contributed by atoms with van der Waals surface area (Å²) in [7, 11) is 0. The van der Waals surface area contributed by atoms with Gasteiger partial charge in [0.15, 0.2) is 5.82 Å². The second kappa shape index (κ2) is 9.61. The predicted molar refractivity (Wildman–Crippen MR) is 117 cm³/mol. The minimum Gasteiger partial charge on any atom is -0.340 e. The van der Waals surface area contributed by atoms with E-state index in [-0.39, 0.29) is 5.91 Å². The molecule has 0 unspecified atom stereocenters. The van der Waals surface area contributed by atoms with Crippen LogP contribution in [0.5, 0.6) is 0 Å². The number of carbonyl (C=O) groups excluding carboxylic acids is 1. The Morgan fingerprint density at radius 3 is 2.36 bits per heavy atom. The molecule has 1 saturated heterocycles. The maximum absolute atomic E-state index is 12.7. The Hall–Kier alpha value is -4.06. The molecule has 12 nitrogen and oxygen atoms in total. The first-order valence-electron chi connectivity index (χ1n) is 10.8. The summed E-state index contributed by atoms with van der Waals surface area (Å²) in [6, 6.07) is 11.9. The number of amides is 1. The summed E-state index contributed by atoms with van der Waals surface area (Å²) in [5.41, 5.74) is 3.06. The van der Waals surface area contributed by atoms with E-state index < -0.39 is 0 Å². The summed E-state index contributed by atoms with van der Waals surface area (Å²) in [5.74, 6) is 0.745. The van der Waals surface area contributed by atoms with E-state index in [2.05, 4.69) is 53.1 Å². The number of rotatable bonds is 7. The van der Waals surface area contributed by atoms with Gasteiger partial charge in [-0.2, -0.15) is 4.68 Å². The molecule has 33 heavy (non-hydrogen) atoms. The summed E-state index contributed by atoms with van der Waals surface area (Å²) in [4.78, 5) is 21.4. The number of carbonyl (C=O) groups is 1. The zero-order valence-electron chi connectivity index (χ0n) is 18.0. The molecule has 0 radical (unpaired) electrons. The molecule has 0 aliphatic carbocycles. The molecule has 1 aliphatic heterocycles. The van der Waals surface area contributed by atoms with Crippen LogP contribution in [0.25, 0.3) is 11.5 Å². The molecule has 0 spiro atoms. The average Bonchev–Trinajstić information content (AvgIpc) is 3.59. The molecule has 3 aromatic heterocycles. The van der Waals surface area contributed by atoms with Crippen LogP contribution in [-0.4, -0.2) is 93.8 Å². The highest BCUT2D eigenvalue weighted by Crippen LogP contribution is 2.12. The van der Waals surface area contributed by atoms with Crippen molar-refractivity contribution < 1.29 is 4.79 Å². The van der Waals surface area contributed by atoms with E-state index >= 15 is 0 Å². The Bertz CT molecular complexity index is 1170. The highest BCUT2D eigenvalue weighted by atomic mass is 16.2. The van der Waals surface area contributed by atoms with Crippen molar-refractivity contribution >= 4 is 5.91 Å². The molecule has 0 bridgehead atoms. The second-order valence-corrected chi connectivity index (χ2v) is 7.85. The minimum atomic E-state index is 0.126. The lowest BCUT2D eigenvalue weighted by Gasteiger charge is -2.34. The Morgan fingerprint density at radius 2 is 1.67 bits per heavy atom. The normalized spacial score (nSPS) is 14.5. The molecule has 168 valence electrons. The SMILES string of the molecule is O=C(Cc1ccc(-n2cnnn2)nc1)N1CCN(CCc2cccc(-n3cnnn3)c2)CC1. The summed E-state index contributed by atoms with van der Waals surface area (Å²) < 4.78 is 3.13. The molecular formula is C21H23N11O. The van der Waals surface area contributed by atoms with Gasteiger partial charge >= 0.3 is 0 Å². The Kier molecular flexibility index (Phi) is 6.06. The Balaban J connectivity index is 1.09. The number of nitrogens with zero attached hydrogens (tertiary/aromatic N) is 11. The predicted octanol–water partition coefficient (Wildman–Crippen LogP) is -0.0376. The summed E-state index contributed by atoms with van der Waals surface area (Å²) in [5, 5.41) is 22.3. The van der Waals surface area contributed by atoms with Crippen molar-refractivity contribution in [3.63, 3.8) is 0 Å². The Labute approximate surface area is 189 Å². The highest BCUT2D eigenvalue weighted by Gasteiger charge is 2.21. The lowest BCUT2D eigenvalue weighted by molar-refractivity contribution is -0.132. The van der Waals surface area contributed by atoms with Crippen LogP contribution in [0.1, 0.15) is 11.1 Å². The zero-order valence-corrected chi connectivity index (χ0v) is 18.0. The van der Waals surface area contributed by atoms with Crippen LogP contribution in [0.2, 0.25) is 0 Å². The van der Waals surface area contributed by atoms with Gasteiger partial charge in [0.2, 0.25) is 5.91 Å². The van der Waals surface area contributed by atoms with E-state index in [9.17, 15) is 4.79 Å². The lowest BCUT2D eigenvalue weighted by atomic mass is 10.1. The first kappa shape index (κ1) is 20.8. The van der Waals surface area contributed by atoms with Crippen molar-refractivity contribution in [2.24, 2.45) is 0 Å². The highest BCUT2D eigenvalue weighted by molar-refractivity contribution is 5.78. The summed E-state index contributed by atoms with van der Waals surface area (Å²) >= 11 is 0. The molecular weight excluding hydrogens is 422 g/mol. The minimum absolute atomic E-state index is 0.126. The first-order valence-corrected chi connectivity index (χ1v) is 10.8. The number of hydrogen-bond donors (Lipinski definition) is 0. The maximum Gasteiger partial charge on any atom is 0.227 e. The van der Waals surface area contributed by atoms with E-state index in [0.717, 1.165) is 50.4 Å². The van der Waals surface area contributed by atoms with E-state index in [0.29, 0.717) is 12.2 Å². The van der Waals surface area contributed by atoms with Gasteiger partial charge in [-0.25, -0.2) is 9.67 Å². The van der Waals surface area contributed by atoms with Gasteiger partial charge in [0, 0.05) is 38.9 Å². The molecule has 4 heterocycles. The fourth-order valence-electron chi connectivity index (χ4n) is 3.85. The average molecular weight is 445 g/mol. The third-order valence-corrected chi connectivity index (χ3v) is 5.71. The number of hydrogen-bond acceptors (Lipinski definition) is 9. The van der Waals surface area contributed by atoms with E-state index in [4.69, 9.17) is 0 Å². The standard InChI is InChI=1S/C21H23N11O/c33-21(13-18-4-5-20(22-14-18)32-16-24-26-28-32)30-10-8-29(9-11-30)7-6-17-2-1-3-19(12-17)31-15-23-25-27-31/h1-5,12,14-16H,6-11,13H2. The summed E-state index contributed by atoms with van der Waals surface area (Å²) in [6.45, 7) is 4.16. The van der Waals surface area contributed by atoms with Crippen LogP contribution < -0.4 is 0 Å². The quantitative estimate of drug-likeness (QED) is 0.385. The van der Waals surface area contributed by atoms with Crippen LogP contribution in [0.15, 0.2) is 55.2 Å². The Morgan fingerprint density at radius 1 is 0.879 bits per heavy atom. The molecule has 4 aromatic rings. The van der Waals surface area contributed by atoms with E-state index in [1.165, 1.54) is 16.6 Å². The van der Waals surface area contributed by atoms with Crippen molar-refractivity contribution in [2.45, 2.75) is 12.8 Å². The fourth-order valence-corrected chi connectivity index (χ4v) is 3.85. The van der Waals surface area contributed by atoms with Crippen LogP contribution in [0.3, 0.4) is 0 Å². The van der Waals surface area contributed by atoms with Crippen LogP contribution >= 0.6 is 0 Å². The van der Waals surface area contributed by atoms with Crippen molar-refractivity contribution in [3.8, 4) is 11.5 Å². The third kappa shape index (κ3) is 5.06. The van der Waals surface area contributed by atoms with E-state index in [1.54, 1.807) is 17.2 Å². The molecule has 1 amide bonds. The summed E-state index contributed by atoms with van der Waals surface area (Å²) in [6.07, 6.45) is 6.05. The lowest BCUT2D eigenvalue weighted by Crippen LogP contribution is -2.49. The van der Waals surface area contributed by atoms with Gasteiger partial charge in [-0.15, -0.1) is 10.2 Å². The number of aromatic nitrogens is 9. The third-order valence-electron chi connectivity index (χ3n) is 5.71. The van der Waals surface area contributed by atoms with Gasteiger partial charge in [0.1, 0.15) is 12.7 Å². The molecule has 5 rings (SSSR count). The molecule has 1 aliphatic rings. The van der Waals surface area contributed by atoms with Crippen molar-refractivity contribution in [3.05, 3.63) is 66.4 Å². The number of pyridine rings is 1. The fraction of sp³-hybridized carbons (Fsp3) is 0.333. The smallest absolute Gasteiger partial charge is 0.227 e. The van der Waals surface area contributed by atoms with Gasteiger partial charge in [-0.05, 0) is 56.6 Å². The van der Waals surface area contributed by atoms with Crippen molar-refractivity contribution in [1.82, 2.24) is 55.2 Å². The zero-order chi connectivity index (χ0) is 22.5. The second-order valence-electron chi connectivity index (χ2n) is 7.85. The van der Waals surface area contributed by atoms with Gasteiger partial charge in [-0.3, -0.25) is 9.69 Å². The molecule has 0 N–H and O–H groups in total. The largest absolute Gasteiger partial charge is 0.340 e. The van der Waals surface area contributed by atoms with Crippen molar-refractivity contribution in [1.29, 1.82) is 0 Å². The molecule has 1 aromatic carbocycles. The molecule has 0 atom stereocenters. The van der Waals surface area contributed by atoms with Crippen LogP contribution in [0, 0.1) is 0 Å². The molecule has 1 fully saturated rings. The number of benzene rings is 1. The first-order chi connectivity index (χ1) is 16.2. The van der Waals surface area contributed by atoms with Crippen molar-refractivity contribution in [2.75, 3.05) is 32.7 Å².